The molecule has 19 heavy (non-hydrogen) atoms. The van der Waals surface area contributed by atoms with Gasteiger partial charge < -0.3 is 14.2 Å². The molecule has 2 aromatic rings. The Kier molecular flexibility index (Phi) is 4.45. The molecule has 4 heteroatoms. The molecule has 0 aliphatic rings. The van der Waals surface area contributed by atoms with Crippen molar-refractivity contribution in [3.63, 3.8) is 0 Å². The molecule has 0 aliphatic heterocycles. The Hall–Kier alpha value is -1.52. The van der Waals surface area contributed by atoms with Crippen LogP contribution in [0.5, 0.6) is 0 Å². The van der Waals surface area contributed by atoms with E-state index in [1.807, 2.05) is 26.1 Å². The molecule has 0 spiro atoms. The van der Waals surface area contributed by atoms with Gasteiger partial charge in [-0.3, -0.25) is 4.90 Å². The zero-order chi connectivity index (χ0) is 13.8. The van der Waals surface area contributed by atoms with Crippen LogP contribution in [0.3, 0.4) is 0 Å². The van der Waals surface area contributed by atoms with Gasteiger partial charge in [-0.15, -0.1) is 0 Å². The molecule has 2 aromatic heterocycles. The Labute approximate surface area is 114 Å². The lowest BCUT2D eigenvalue weighted by Gasteiger charge is -2.13. The van der Waals surface area contributed by atoms with E-state index in [-0.39, 0.29) is 0 Å². The van der Waals surface area contributed by atoms with Crippen molar-refractivity contribution < 1.29 is 8.83 Å². The van der Waals surface area contributed by atoms with Crippen molar-refractivity contribution in [2.45, 2.75) is 33.5 Å². The number of nitrogens with one attached hydrogen (secondary N) is 1. The smallest absolute Gasteiger partial charge is 0.120 e. The second-order valence-electron chi connectivity index (χ2n) is 5.03. The number of rotatable bonds is 6. The van der Waals surface area contributed by atoms with Gasteiger partial charge in [0.05, 0.1) is 19.6 Å². The van der Waals surface area contributed by atoms with Gasteiger partial charge in [-0.25, -0.2) is 0 Å². The molecule has 2 heterocycles. The molecular weight excluding hydrogens is 240 g/mol. The van der Waals surface area contributed by atoms with Gasteiger partial charge in [0.2, 0.25) is 0 Å². The maximum absolute atomic E-state index is 5.83. The summed E-state index contributed by atoms with van der Waals surface area (Å²) >= 11 is 0. The first kappa shape index (κ1) is 13.9. The average molecular weight is 262 g/mol. The SMILES string of the molecule is CNCc1oc(CN(C)Cc2ccc(C)o2)cc1C. The van der Waals surface area contributed by atoms with Crippen LogP contribution >= 0.6 is 0 Å². The Balaban J connectivity index is 1.94. The maximum Gasteiger partial charge on any atom is 0.120 e. The summed E-state index contributed by atoms with van der Waals surface area (Å²) in [5, 5.41) is 3.11. The molecule has 0 bridgehead atoms. The summed E-state index contributed by atoms with van der Waals surface area (Å²) in [5.74, 6) is 3.94. The quantitative estimate of drug-likeness (QED) is 0.869. The van der Waals surface area contributed by atoms with Crippen molar-refractivity contribution in [2.75, 3.05) is 14.1 Å². The molecule has 0 aromatic carbocycles. The molecule has 0 unspecified atom stereocenters. The lowest BCUT2D eigenvalue weighted by Crippen LogP contribution is -2.16. The van der Waals surface area contributed by atoms with Gasteiger partial charge >= 0.3 is 0 Å². The topological polar surface area (TPSA) is 41.6 Å². The third kappa shape index (κ3) is 3.72. The van der Waals surface area contributed by atoms with Crippen molar-refractivity contribution >= 4 is 0 Å². The van der Waals surface area contributed by atoms with E-state index in [2.05, 4.69) is 30.3 Å². The fourth-order valence-electron chi connectivity index (χ4n) is 2.16. The largest absolute Gasteiger partial charge is 0.465 e. The average Bonchev–Trinajstić information content (AvgIpc) is 2.87. The molecule has 104 valence electrons. The molecular formula is C15H22N2O2. The van der Waals surface area contributed by atoms with Crippen LogP contribution < -0.4 is 5.32 Å². The number of furan rings is 2. The summed E-state index contributed by atoms with van der Waals surface area (Å²) in [5.41, 5.74) is 1.20. The van der Waals surface area contributed by atoms with E-state index in [4.69, 9.17) is 8.83 Å². The standard InChI is InChI=1S/C15H22N2O2/c1-11-7-14(19-15(11)8-16-3)10-17(4)9-13-6-5-12(2)18-13/h5-7,16H,8-10H2,1-4H3. The second kappa shape index (κ2) is 6.08. The van der Waals surface area contributed by atoms with Crippen LogP contribution in [0.4, 0.5) is 0 Å². The second-order valence-corrected chi connectivity index (χ2v) is 5.03. The molecule has 0 atom stereocenters. The molecule has 4 nitrogen and oxygen atoms in total. The highest BCUT2D eigenvalue weighted by atomic mass is 16.3. The maximum atomic E-state index is 5.83. The number of hydrogen-bond acceptors (Lipinski definition) is 4. The minimum atomic E-state index is 0.771. The summed E-state index contributed by atoms with van der Waals surface area (Å²) < 4.78 is 11.4. The van der Waals surface area contributed by atoms with Crippen LogP contribution in [0.1, 0.15) is 28.6 Å². The normalized spacial score (nSPS) is 11.4. The van der Waals surface area contributed by atoms with Crippen LogP contribution in [0.2, 0.25) is 0 Å². The Morgan fingerprint density at radius 2 is 1.84 bits per heavy atom. The summed E-state index contributed by atoms with van der Waals surface area (Å²) in [6.07, 6.45) is 0. The minimum Gasteiger partial charge on any atom is -0.465 e. The van der Waals surface area contributed by atoms with Gasteiger partial charge in [-0.1, -0.05) is 0 Å². The monoisotopic (exact) mass is 262 g/mol. The van der Waals surface area contributed by atoms with E-state index in [1.165, 1.54) is 5.56 Å². The zero-order valence-electron chi connectivity index (χ0n) is 12.1. The predicted molar refractivity (Wildman–Crippen MR) is 74.8 cm³/mol. The third-order valence-corrected chi connectivity index (χ3v) is 3.06. The number of hydrogen-bond donors (Lipinski definition) is 1. The van der Waals surface area contributed by atoms with Crippen molar-refractivity contribution in [3.8, 4) is 0 Å². The van der Waals surface area contributed by atoms with Crippen molar-refractivity contribution in [1.82, 2.24) is 10.2 Å². The van der Waals surface area contributed by atoms with Gasteiger partial charge in [-0.2, -0.15) is 0 Å². The van der Waals surface area contributed by atoms with Crippen LogP contribution in [0.15, 0.2) is 27.0 Å². The Morgan fingerprint density at radius 3 is 2.47 bits per heavy atom. The van der Waals surface area contributed by atoms with Crippen molar-refractivity contribution in [3.05, 3.63) is 46.8 Å². The predicted octanol–water partition coefficient (Wildman–Crippen LogP) is 2.84. The first-order valence-electron chi connectivity index (χ1n) is 6.55. The highest BCUT2D eigenvalue weighted by molar-refractivity contribution is 5.20. The van der Waals surface area contributed by atoms with Crippen LogP contribution in [0, 0.1) is 13.8 Å². The summed E-state index contributed by atoms with van der Waals surface area (Å²) in [6.45, 7) is 6.38. The highest BCUT2D eigenvalue weighted by Crippen LogP contribution is 2.17. The Morgan fingerprint density at radius 1 is 1.11 bits per heavy atom. The fourth-order valence-corrected chi connectivity index (χ4v) is 2.16. The van der Waals surface area contributed by atoms with E-state index in [0.717, 1.165) is 42.7 Å². The van der Waals surface area contributed by atoms with E-state index in [9.17, 15) is 0 Å². The van der Waals surface area contributed by atoms with Gasteiger partial charge in [0.1, 0.15) is 23.0 Å². The molecule has 0 amide bonds. The van der Waals surface area contributed by atoms with E-state index < -0.39 is 0 Å². The van der Waals surface area contributed by atoms with Gasteiger partial charge in [0, 0.05) is 0 Å². The lowest BCUT2D eigenvalue weighted by molar-refractivity contribution is 0.259. The molecule has 0 fully saturated rings. The molecule has 0 saturated heterocycles. The van der Waals surface area contributed by atoms with E-state index in [0.29, 0.717) is 0 Å². The van der Waals surface area contributed by atoms with Crippen LogP contribution in [-0.2, 0) is 19.6 Å². The summed E-state index contributed by atoms with van der Waals surface area (Å²) in [6, 6.07) is 6.12. The van der Waals surface area contributed by atoms with E-state index in [1.54, 1.807) is 0 Å². The van der Waals surface area contributed by atoms with Crippen molar-refractivity contribution in [2.24, 2.45) is 0 Å². The fraction of sp³-hybridized carbons (Fsp3) is 0.467. The van der Waals surface area contributed by atoms with Gasteiger partial charge in [0.25, 0.3) is 0 Å². The highest BCUT2D eigenvalue weighted by Gasteiger charge is 2.10. The van der Waals surface area contributed by atoms with Crippen molar-refractivity contribution in [1.29, 1.82) is 0 Å². The first-order valence-corrected chi connectivity index (χ1v) is 6.55. The van der Waals surface area contributed by atoms with Crippen LogP contribution in [-0.4, -0.2) is 19.0 Å². The van der Waals surface area contributed by atoms with Crippen LogP contribution in [0.25, 0.3) is 0 Å². The first-order chi connectivity index (χ1) is 9.08. The molecule has 1 N–H and O–H groups in total. The Bertz CT molecular complexity index is 528. The summed E-state index contributed by atoms with van der Waals surface area (Å²) in [4.78, 5) is 2.18. The lowest BCUT2D eigenvalue weighted by atomic mass is 10.2. The minimum absolute atomic E-state index is 0.771. The van der Waals surface area contributed by atoms with Gasteiger partial charge in [-0.05, 0) is 51.7 Å². The third-order valence-electron chi connectivity index (χ3n) is 3.06. The summed E-state index contributed by atoms with van der Waals surface area (Å²) in [7, 11) is 3.99. The molecule has 0 aliphatic carbocycles. The van der Waals surface area contributed by atoms with E-state index >= 15 is 0 Å². The molecule has 0 radical (unpaired) electrons. The van der Waals surface area contributed by atoms with Gasteiger partial charge in [0.15, 0.2) is 0 Å². The molecule has 2 rings (SSSR count). The number of nitrogens with zero attached hydrogens (tertiary/aromatic N) is 1. The molecule has 0 saturated carbocycles. The number of aryl methyl sites for hydroxylation is 2. The zero-order valence-corrected chi connectivity index (χ0v) is 12.1.